The van der Waals surface area contributed by atoms with Crippen molar-refractivity contribution >= 4 is 33.4 Å². The number of piperazine rings is 1. The Hall–Kier alpha value is -2.23. The Morgan fingerprint density at radius 1 is 1.06 bits per heavy atom. The van der Waals surface area contributed by atoms with Gasteiger partial charge in [-0.3, -0.25) is 4.79 Å². The molecule has 1 aliphatic rings. The van der Waals surface area contributed by atoms with E-state index < -0.39 is 10.0 Å². The number of nitrogens with one attached hydrogen (secondary N) is 1. The molecule has 1 heterocycles. The van der Waals surface area contributed by atoms with Gasteiger partial charge in [-0.1, -0.05) is 19.1 Å². The molecule has 0 aliphatic carbocycles. The van der Waals surface area contributed by atoms with Crippen molar-refractivity contribution in [2.75, 3.05) is 56.2 Å². The zero-order chi connectivity index (χ0) is 23.0. The monoisotopic (exact) mass is 477 g/mol. The van der Waals surface area contributed by atoms with Gasteiger partial charge in [0.05, 0.1) is 18.4 Å². The highest BCUT2D eigenvalue weighted by atomic mass is 32.2. The summed E-state index contributed by atoms with van der Waals surface area (Å²) < 4.78 is 32.2. The summed E-state index contributed by atoms with van der Waals surface area (Å²) >= 11 is 1.62. The lowest BCUT2D eigenvalue weighted by Gasteiger charge is -2.35. The molecule has 0 bridgehead atoms. The van der Waals surface area contributed by atoms with Gasteiger partial charge in [0.1, 0.15) is 5.75 Å². The molecule has 0 saturated carbocycles. The molecule has 3 rings (SSSR count). The van der Waals surface area contributed by atoms with Gasteiger partial charge in [0, 0.05) is 43.3 Å². The Labute approximate surface area is 195 Å². The smallest absolute Gasteiger partial charge is 0.252 e. The van der Waals surface area contributed by atoms with E-state index >= 15 is 0 Å². The third-order valence-corrected chi connectivity index (χ3v) is 8.28. The molecule has 0 atom stereocenters. The van der Waals surface area contributed by atoms with Crippen LogP contribution in [0, 0.1) is 0 Å². The first-order chi connectivity index (χ1) is 15.4. The van der Waals surface area contributed by atoms with E-state index in [0.717, 1.165) is 22.1 Å². The van der Waals surface area contributed by atoms with Crippen molar-refractivity contribution in [1.82, 2.24) is 9.62 Å². The highest BCUT2D eigenvalue weighted by Crippen LogP contribution is 2.23. The SMILES string of the molecule is CCSc1ccccc1C(=O)NCCCS(=O)(=O)N1CCN(c2ccc(OC)cc2)CC1. The van der Waals surface area contributed by atoms with Gasteiger partial charge in [-0.25, -0.2) is 8.42 Å². The second kappa shape index (κ2) is 11.6. The lowest BCUT2D eigenvalue weighted by atomic mass is 10.2. The van der Waals surface area contributed by atoms with Gasteiger partial charge in [0.15, 0.2) is 0 Å². The lowest BCUT2D eigenvalue weighted by molar-refractivity contribution is 0.0950. The van der Waals surface area contributed by atoms with Crippen LogP contribution in [-0.4, -0.2) is 70.0 Å². The number of nitrogens with zero attached hydrogens (tertiary/aromatic N) is 2. The fraction of sp³-hybridized carbons (Fsp3) is 0.435. The van der Waals surface area contributed by atoms with E-state index in [9.17, 15) is 13.2 Å². The molecule has 0 radical (unpaired) electrons. The first-order valence-electron chi connectivity index (χ1n) is 10.8. The Morgan fingerprint density at radius 2 is 1.75 bits per heavy atom. The van der Waals surface area contributed by atoms with Crippen LogP contribution in [0.1, 0.15) is 23.7 Å². The molecular weight excluding hydrogens is 446 g/mol. The number of sulfonamides is 1. The minimum Gasteiger partial charge on any atom is -0.497 e. The Balaban J connectivity index is 1.44. The number of methoxy groups -OCH3 is 1. The summed E-state index contributed by atoms with van der Waals surface area (Å²) in [5.74, 6) is 1.55. The van der Waals surface area contributed by atoms with E-state index in [4.69, 9.17) is 4.74 Å². The van der Waals surface area contributed by atoms with Crippen molar-refractivity contribution < 1.29 is 17.9 Å². The number of amides is 1. The fourth-order valence-electron chi connectivity index (χ4n) is 3.63. The molecule has 1 saturated heterocycles. The molecule has 2 aromatic rings. The number of ether oxygens (including phenoxy) is 1. The summed E-state index contributed by atoms with van der Waals surface area (Å²) in [5.41, 5.74) is 1.70. The average Bonchev–Trinajstić information content (AvgIpc) is 2.82. The predicted octanol–water partition coefficient (Wildman–Crippen LogP) is 3.08. The average molecular weight is 478 g/mol. The third-order valence-electron chi connectivity index (χ3n) is 5.37. The van der Waals surface area contributed by atoms with E-state index in [2.05, 4.69) is 10.2 Å². The molecule has 1 aliphatic heterocycles. The molecule has 32 heavy (non-hydrogen) atoms. The summed E-state index contributed by atoms with van der Waals surface area (Å²) in [4.78, 5) is 15.6. The highest BCUT2D eigenvalue weighted by Gasteiger charge is 2.26. The molecule has 7 nitrogen and oxygen atoms in total. The Morgan fingerprint density at radius 3 is 2.41 bits per heavy atom. The Bertz CT molecular complexity index is 989. The first kappa shape index (κ1) is 24.4. The zero-order valence-electron chi connectivity index (χ0n) is 18.6. The first-order valence-corrected chi connectivity index (χ1v) is 13.4. The van der Waals surface area contributed by atoms with Crippen molar-refractivity contribution in [2.45, 2.75) is 18.2 Å². The lowest BCUT2D eigenvalue weighted by Crippen LogP contribution is -2.49. The summed E-state index contributed by atoms with van der Waals surface area (Å²) in [6.07, 6.45) is 0.385. The topological polar surface area (TPSA) is 79.0 Å². The van der Waals surface area contributed by atoms with E-state index in [1.54, 1.807) is 29.2 Å². The number of hydrogen-bond donors (Lipinski definition) is 1. The Kier molecular flexibility index (Phi) is 8.84. The molecule has 0 unspecified atom stereocenters. The molecule has 9 heteroatoms. The fourth-order valence-corrected chi connectivity index (χ4v) is 5.92. The van der Waals surface area contributed by atoms with Crippen LogP contribution in [-0.2, 0) is 10.0 Å². The van der Waals surface area contributed by atoms with Gasteiger partial charge in [-0.05, 0) is 48.6 Å². The van der Waals surface area contributed by atoms with Crippen LogP contribution < -0.4 is 15.0 Å². The van der Waals surface area contributed by atoms with Crippen molar-refractivity contribution in [3.63, 3.8) is 0 Å². The number of thioether (sulfide) groups is 1. The van der Waals surface area contributed by atoms with E-state index in [1.165, 1.54) is 0 Å². The molecule has 1 fully saturated rings. The zero-order valence-corrected chi connectivity index (χ0v) is 20.3. The minimum atomic E-state index is -3.35. The highest BCUT2D eigenvalue weighted by molar-refractivity contribution is 7.99. The third kappa shape index (κ3) is 6.40. The molecule has 1 amide bonds. The molecule has 1 N–H and O–H groups in total. The van der Waals surface area contributed by atoms with E-state index in [0.29, 0.717) is 44.7 Å². The summed E-state index contributed by atoms with van der Waals surface area (Å²) in [6.45, 7) is 4.59. The van der Waals surface area contributed by atoms with Crippen LogP contribution in [0.15, 0.2) is 53.4 Å². The largest absolute Gasteiger partial charge is 0.497 e. The normalized spacial score (nSPS) is 14.9. The quantitative estimate of drug-likeness (QED) is 0.419. The predicted molar refractivity (Wildman–Crippen MR) is 130 cm³/mol. The standard InChI is InChI=1S/C23H31N3O4S2/c1-3-31-22-8-5-4-7-21(22)23(27)24-13-6-18-32(28,29)26-16-14-25(15-17-26)19-9-11-20(30-2)12-10-19/h4-5,7-12H,3,6,13-18H2,1-2H3,(H,24,27). The molecule has 0 spiro atoms. The van der Waals surface area contributed by atoms with Crippen LogP contribution in [0.3, 0.4) is 0 Å². The van der Waals surface area contributed by atoms with Crippen LogP contribution in [0.2, 0.25) is 0 Å². The maximum Gasteiger partial charge on any atom is 0.252 e. The van der Waals surface area contributed by atoms with Crippen molar-refractivity contribution in [3.05, 3.63) is 54.1 Å². The maximum absolute atomic E-state index is 12.7. The number of rotatable bonds is 10. The van der Waals surface area contributed by atoms with E-state index in [1.807, 2.05) is 49.4 Å². The van der Waals surface area contributed by atoms with Gasteiger partial charge in [-0.15, -0.1) is 11.8 Å². The van der Waals surface area contributed by atoms with Gasteiger partial charge < -0.3 is 15.0 Å². The van der Waals surface area contributed by atoms with Gasteiger partial charge in [0.2, 0.25) is 10.0 Å². The number of hydrogen-bond acceptors (Lipinski definition) is 6. The molecule has 0 aromatic heterocycles. The van der Waals surface area contributed by atoms with Gasteiger partial charge in [-0.2, -0.15) is 4.31 Å². The van der Waals surface area contributed by atoms with Crippen molar-refractivity contribution in [1.29, 1.82) is 0 Å². The van der Waals surface area contributed by atoms with Crippen LogP contribution >= 0.6 is 11.8 Å². The maximum atomic E-state index is 12.7. The number of anilines is 1. The summed E-state index contributed by atoms with van der Waals surface area (Å²) in [6, 6.07) is 15.3. The number of carbonyl (C=O) groups excluding carboxylic acids is 1. The number of benzene rings is 2. The van der Waals surface area contributed by atoms with Crippen LogP contribution in [0.25, 0.3) is 0 Å². The second-order valence-corrected chi connectivity index (χ2v) is 10.8. The van der Waals surface area contributed by atoms with Crippen molar-refractivity contribution in [2.24, 2.45) is 0 Å². The van der Waals surface area contributed by atoms with Crippen molar-refractivity contribution in [3.8, 4) is 5.75 Å². The van der Waals surface area contributed by atoms with E-state index in [-0.39, 0.29) is 11.7 Å². The second-order valence-electron chi connectivity index (χ2n) is 7.44. The summed E-state index contributed by atoms with van der Waals surface area (Å²) in [7, 11) is -1.71. The summed E-state index contributed by atoms with van der Waals surface area (Å²) in [5, 5.41) is 2.86. The van der Waals surface area contributed by atoms with Crippen LogP contribution in [0.5, 0.6) is 5.75 Å². The molecule has 174 valence electrons. The minimum absolute atomic E-state index is 0.0289. The number of carbonyl (C=O) groups is 1. The van der Waals surface area contributed by atoms with Gasteiger partial charge in [0.25, 0.3) is 5.91 Å². The molecule has 2 aromatic carbocycles. The van der Waals surface area contributed by atoms with Crippen LogP contribution in [0.4, 0.5) is 5.69 Å². The molecular formula is C23H31N3O4S2. The van der Waals surface area contributed by atoms with Gasteiger partial charge >= 0.3 is 0 Å².